The SMILES string of the molecule is Cc1ccc(NC(=S)N/N=C(\N)c2cncc(Cl)n2)cc1C. The number of hydrogen-bond acceptors (Lipinski definition) is 4. The first kappa shape index (κ1) is 16.1. The maximum atomic E-state index is 5.79. The summed E-state index contributed by atoms with van der Waals surface area (Å²) in [5.74, 6) is 0.138. The number of benzene rings is 1. The summed E-state index contributed by atoms with van der Waals surface area (Å²) >= 11 is 10.9. The molecule has 22 heavy (non-hydrogen) atoms. The van der Waals surface area contributed by atoms with Gasteiger partial charge in [0.2, 0.25) is 0 Å². The number of halogens is 1. The van der Waals surface area contributed by atoms with Gasteiger partial charge < -0.3 is 11.1 Å². The molecule has 114 valence electrons. The minimum absolute atomic E-state index is 0.138. The van der Waals surface area contributed by atoms with Gasteiger partial charge in [0.05, 0.1) is 12.4 Å². The fourth-order valence-electron chi connectivity index (χ4n) is 1.61. The fraction of sp³-hybridized carbons (Fsp3) is 0.143. The third-order valence-corrected chi connectivity index (χ3v) is 3.29. The van der Waals surface area contributed by atoms with Crippen LogP contribution in [0.3, 0.4) is 0 Å². The molecule has 0 radical (unpaired) electrons. The molecule has 0 unspecified atom stereocenters. The normalized spacial score (nSPS) is 11.1. The van der Waals surface area contributed by atoms with Crippen LogP contribution in [-0.4, -0.2) is 20.9 Å². The maximum absolute atomic E-state index is 5.79. The van der Waals surface area contributed by atoms with Crippen molar-refractivity contribution in [1.82, 2.24) is 15.4 Å². The Bertz CT molecular complexity index is 731. The second-order valence-corrected chi connectivity index (χ2v) is 5.38. The Balaban J connectivity index is 1.99. The summed E-state index contributed by atoms with van der Waals surface area (Å²) in [6, 6.07) is 5.95. The number of thiocarbonyl (C=S) groups is 1. The lowest BCUT2D eigenvalue weighted by atomic mass is 10.1. The molecule has 0 saturated carbocycles. The molecule has 0 aliphatic rings. The Kier molecular flexibility index (Phi) is 5.24. The van der Waals surface area contributed by atoms with Crippen molar-refractivity contribution in [3.8, 4) is 0 Å². The van der Waals surface area contributed by atoms with Crippen LogP contribution in [0.5, 0.6) is 0 Å². The van der Waals surface area contributed by atoms with Crippen molar-refractivity contribution >= 4 is 40.5 Å². The van der Waals surface area contributed by atoms with E-state index in [0.29, 0.717) is 10.8 Å². The molecule has 1 aromatic carbocycles. The molecular weight excluding hydrogens is 320 g/mol. The second kappa shape index (κ2) is 7.15. The van der Waals surface area contributed by atoms with Gasteiger partial charge >= 0.3 is 0 Å². The molecule has 6 nitrogen and oxygen atoms in total. The number of hydrogen-bond donors (Lipinski definition) is 3. The Labute approximate surface area is 138 Å². The smallest absolute Gasteiger partial charge is 0.191 e. The Hall–Kier alpha value is -2.25. The number of amidine groups is 1. The lowest BCUT2D eigenvalue weighted by molar-refractivity contribution is 1.02. The molecule has 0 aliphatic heterocycles. The van der Waals surface area contributed by atoms with Crippen molar-refractivity contribution in [2.45, 2.75) is 13.8 Å². The van der Waals surface area contributed by atoms with Gasteiger partial charge in [-0.05, 0) is 49.3 Å². The van der Waals surface area contributed by atoms with E-state index in [1.807, 2.05) is 32.0 Å². The summed E-state index contributed by atoms with van der Waals surface area (Å²) in [7, 11) is 0. The van der Waals surface area contributed by atoms with Crippen molar-refractivity contribution in [2.24, 2.45) is 10.8 Å². The summed E-state index contributed by atoms with van der Waals surface area (Å²) in [5, 5.41) is 7.54. The van der Waals surface area contributed by atoms with Crippen LogP contribution >= 0.6 is 23.8 Å². The number of nitrogens with one attached hydrogen (secondary N) is 2. The Morgan fingerprint density at radius 2 is 2.05 bits per heavy atom. The quantitative estimate of drug-likeness (QED) is 0.345. The molecule has 0 bridgehead atoms. The van der Waals surface area contributed by atoms with Gasteiger partial charge in [0.1, 0.15) is 10.8 Å². The zero-order chi connectivity index (χ0) is 16.1. The second-order valence-electron chi connectivity index (χ2n) is 4.59. The highest BCUT2D eigenvalue weighted by atomic mass is 35.5. The number of anilines is 1. The van der Waals surface area contributed by atoms with Gasteiger partial charge in [0.25, 0.3) is 0 Å². The fourth-order valence-corrected chi connectivity index (χ4v) is 1.92. The van der Waals surface area contributed by atoms with Gasteiger partial charge in [-0.2, -0.15) is 5.10 Å². The van der Waals surface area contributed by atoms with Gasteiger partial charge in [-0.25, -0.2) is 4.98 Å². The third-order valence-electron chi connectivity index (χ3n) is 2.91. The molecule has 0 saturated heterocycles. The van der Waals surface area contributed by atoms with E-state index in [1.54, 1.807) is 0 Å². The van der Waals surface area contributed by atoms with Crippen LogP contribution in [0.2, 0.25) is 5.15 Å². The zero-order valence-electron chi connectivity index (χ0n) is 12.1. The Morgan fingerprint density at radius 1 is 1.27 bits per heavy atom. The number of rotatable bonds is 3. The molecule has 0 atom stereocenters. The van der Waals surface area contributed by atoms with Gasteiger partial charge in [-0.1, -0.05) is 17.7 Å². The summed E-state index contributed by atoms with van der Waals surface area (Å²) in [6.07, 6.45) is 2.88. The van der Waals surface area contributed by atoms with E-state index < -0.39 is 0 Å². The molecule has 0 spiro atoms. The monoisotopic (exact) mass is 334 g/mol. The van der Waals surface area contributed by atoms with Crippen molar-refractivity contribution in [3.63, 3.8) is 0 Å². The third kappa shape index (κ3) is 4.37. The summed E-state index contributed by atoms with van der Waals surface area (Å²) in [6.45, 7) is 4.08. The average molecular weight is 335 g/mol. The highest BCUT2D eigenvalue weighted by molar-refractivity contribution is 7.80. The lowest BCUT2D eigenvalue weighted by Gasteiger charge is -2.09. The summed E-state index contributed by atoms with van der Waals surface area (Å²) < 4.78 is 0. The van der Waals surface area contributed by atoms with E-state index in [-0.39, 0.29) is 11.0 Å². The molecular formula is C14H15ClN6S. The van der Waals surface area contributed by atoms with E-state index in [1.165, 1.54) is 23.5 Å². The number of nitrogens with zero attached hydrogens (tertiary/aromatic N) is 3. The predicted molar refractivity (Wildman–Crippen MR) is 93.0 cm³/mol. The van der Waals surface area contributed by atoms with Crippen molar-refractivity contribution in [1.29, 1.82) is 0 Å². The largest absolute Gasteiger partial charge is 0.380 e. The summed E-state index contributed by atoms with van der Waals surface area (Å²) in [5.41, 5.74) is 12.1. The van der Waals surface area contributed by atoms with Crippen molar-refractivity contribution < 1.29 is 0 Å². The van der Waals surface area contributed by atoms with E-state index in [4.69, 9.17) is 29.6 Å². The number of aryl methyl sites for hydroxylation is 2. The van der Waals surface area contributed by atoms with Crippen molar-refractivity contribution in [2.75, 3.05) is 5.32 Å². The van der Waals surface area contributed by atoms with Crippen LogP contribution in [0.4, 0.5) is 5.69 Å². The molecule has 1 heterocycles. The average Bonchev–Trinajstić information content (AvgIpc) is 2.48. The summed E-state index contributed by atoms with van der Waals surface area (Å²) in [4.78, 5) is 7.89. The highest BCUT2D eigenvalue weighted by Crippen LogP contribution is 2.13. The van der Waals surface area contributed by atoms with E-state index >= 15 is 0 Å². The van der Waals surface area contributed by atoms with Crippen LogP contribution in [0.15, 0.2) is 35.7 Å². The zero-order valence-corrected chi connectivity index (χ0v) is 13.7. The predicted octanol–water partition coefficient (Wildman–Crippen LogP) is 2.35. The molecule has 8 heteroatoms. The molecule has 4 N–H and O–H groups in total. The van der Waals surface area contributed by atoms with Crippen LogP contribution in [-0.2, 0) is 0 Å². The maximum Gasteiger partial charge on any atom is 0.191 e. The number of hydrazone groups is 1. The standard InChI is InChI=1S/C14H15ClN6S/c1-8-3-4-10(5-9(8)2)18-14(22)21-20-13(16)11-6-17-7-12(15)19-11/h3-7H,1-2H3,(H2,16,20)(H2,18,21,22). The highest BCUT2D eigenvalue weighted by Gasteiger charge is 2.03. The molecule has 0 fully saturated rings. The first-order valence-corrected chi connectivity index (χ1v) is 7.19. The first-order chi connectivity index (χ1) is 10.5. The number of aromatic nitrogens is 2. The number of nitrogens with two attached hydrogens (primary N) is 1. The van der Waals surface area contributed by atoms with Gasteiger partial charge in [0, 0.05) is 5.69 Å². The Morgan fingerprint density at radius 3 is 2.73 bits per heavy atom. The minimum atomic E-state index is 0.138. The molecule has 0 amide bonds. The van der Waals surface area contributed by atoms with E-state index in [0.717, 1.165) is 5.69 Å². The van der Waals surface area contributed by atoms with E-state index in [9.17, 15) is 0 Å². The van der Waals surface area contributed by atoms with E-state index in [2.05, 4.69) is 25.8 Å². The molecule has 1 aromatic heterocycles. The molecule has 2 rings (SSSR count). The van der Waals surface area contributed by atoms with Gasteiger partial charge in [-0.3, -0.25) is 10.4 Å². The van der Waals surface area contributed by atoms with Crippen LogP contribution in [0.1, 0.15) is 16.8 Å². The first-order valence-electron chi connectivity index (χ1n) is 6.41. The minimum Gasteiger partial charge on any atom is -0.380 e. The van der Waals surface area contributed by atoms with Gasteiger partial charge in [-0.15, -0.1) is 0 Å². The van der Waals surface area contributed by atoms with Crippen LogP contribution in [0, 0.1) is 13.8 Å². The van der Waals surface area contributed by atoms with Gasteiger partial charge in [0.15, 0.2) is 10.9 Å². The molecule has 2 aromatic rings. The lowest BCUT2D eigenvalue weighted by Crippen LogP contribution is -2.28. The molecule has 0 aliphatic carbocycles. The van der Waals surface area contributed by atoms with Crippen molar-refractivity contribution in [3.05, 3.63) is 52.6 Å². The topological polar surface area (TPSA) is 88.2 Å². The van der Waals surface area contributed by atoms with Crippen LogP contribution in [0.25, 0.3) is 0 Å². The van der Waals surface area contributed by atoms with Crippen LogP contribution < -0.4 is 16.5 Å².